The van der Waals surface area contributed by atoms with Crippen molar-refractivity contribution < 1.29 is 9.53 Å². The molecular formula is C13H12BrClN2O2. The van der Waals surface area contributed by atoms with Gasteiger partial charge in [-0.25, -0.2) is 4.79 Å². The number of ether oxygens (including phenoxy) is 1. The number of carbonyl (C=O) groups is 1. The number of carbonyl (C=O) groups excluding carboxylic acids is 1. The Morgan fingerprint density at radius 2 is 2.21 bits per heavy atom. The van der Waals surface area contributed by atoms with Crippen LogP contribution in [0, 0.1) is 0 Å². The van der Waals surface area contributed by atoms with Crippen molar-refractivity contribution in [2.45, 2.75) is 6.92 Å². The second kappa shape index (κ2) is 5.75. The first-order valence-corrected chi connectivity index (χ1v) is 6.86. The van der Waals surface area contributed by atoms with Crippen molar-refractivity contribution in [1.82, 2.24) is 9.78 Å². The quantitative estimate of drug-likeness (QED) is 0.799. The van der Waals surface area contributed by atoms with Crippen molar-refractivity contribution in [2.75, 3.05) is 6.61 Å². The van der Waals surface area contributed by atoms with E-state index in [1.807, 2.05) is 12.1 Å². The van der Waals surface area contributed by atoms with Crippen LogP contribution < -0.4 is 0 Å². The van der Waals surface area contributed by atoms with Crippen LogP contribution in [0.2, 0.25) is 5.02 Å². The third kappa shape index (κ3) is 2.98. The molecule has 0 bridgehead atoms. The summed E-state index contributed by atoms with van der Waals surface area (Å²) >= 11 is 9.57. The Morgan fingerprint density at radius 3 is 2.89 bits per heavy atom. The van der Waals surface area contributed by atoms with Crippen LogP contribution in [0.3, 0.4) is 0 Å². The van der Waals surface area contributed by atoms with Crippen LogP contribution in [-0.2, 0) is 11.8 Å². The van der Waals surface area contributed by atoms with Crippen molar-refractivity contribution in [1.29, 1.82) is 0 Å². The van der Waals surface area contributed by atoms with Crippen LogP contribution in [0.1, 0.15) is 17.4 Å². The second-order valence-corrected chi connectivity index (χ2v) is 5.21. The molecule has 100 valence electrons. The minimum absolute atomic E-state index is 0.274. The molecule has 1 aromatic heterocycles. The summed E-state index contributed by atoms with van der Waals surface area (Å²) in [6.45, 7) is 2.08. The van der Waals surface area contributed by atoms with Gasteiger partial charge >= 0.3 is 5.97 Å². The zero-order valence-electron chi connectivity index (χ0n) is 10.5. The Bertz CT molecular complexity index is 625. The number of esters is 1. The molecule has 1 aromatic carbocycles. The highest BCUT2D eigenvalue weighted by molar-refractivity contribution is 9.10. The summed E-state index contributed by atoms with van der Waals surface area (Å²) in [5, 5.41) is 4.74. The average Bonchev–Trinajstić information content (AvgIpc) is 2.75. The summed E-state index contributed by atoms with van der Waals surface area (Å²) in [4.78, 5) is 11.7. The first kappa shape index (κ1) is 14.1. The molecule has 1 heterocycles. The Hall–Kier alpha value is -1.33. The van der Waals surface area contributed by atoms with Crippen LogP contribution in [0.5, 0.6) is 0 Å². The normalized spacial score (nSPS) is 10.5. The van der Waals surface area contributed by atoms with Gasteiger partial charge in [0.2, 0.25) is 0 Å². The van der Waals surface area contributed by atoms with Gasteiger partial charge in [0.1, 0.15) is 0 Å². The monoisotopic (exact) mass is 342 g/mol. The van der Waals surface area contributed by atoms with Gasteiger partial charge in [0.15, 0.2) is 5.69 Å². The predicted molar refractivity (Wildman–Crippen MR) is 77.3 cm³/mol. The van der Waals surface area contributed by atoms with E-state index >= 15 is 0 Å². The largest absolute Gasteiger partial charge is 0.461 e. The van der Waals surface area contributed by atoms with E-state index in [0.29, 0.717) is 11.6 Å². The Morgan fingerprint density at radius 1 is 1.47 bits per heavy atom. The first-order chi connectivity index (χ1) is 9.02. The lowest BCUT2D eigenvalue weighted by molar-refractivity contribution is 0.0518. The molecule has 0 aliphatic carbocycles. The second-order valence-electron chi connectivity index (χ2n) is 3.88. The van der Waals surface area contributed by atoms with Gasteiger partial charge in [-0.3, -0.25) is 4.68 Å². The van der Waals surface area contributed by atoms with Crippen LogP contribution in [0.15, 0.2) is 28.7 Å². The minimum Gasteiger partial charge on any atom is -0.461 e. The van der Waals surface area contributed by atoms with E-state index in [1.54, 1.807) is 30.8 Å². The van der Waals surface area contributed by atoms with Crippen molar-refractivity contribution in [3.05, 3.63) is 39.5 Å². The zero-order chi connectivity index (χ0) is 14.0. The van der Waals surface area contributed by atoms with Gasteiger partial charge in [0, 0.05) is 17.1 Å². The van der Waals surface area contributed by atoms with Gasteiger partial charge in [-0.2, -0.15) is 5.10 Å². The lowest BCUT2D eigenvalue weighted by atomic mass is 10.1. The fourth-order valence-corrected chi connectivity index (χ4v) is 2.29. The SMILES string of the molecule is CCOC(=O)c1cc(-c2cc(Br)ccc2Cl)n(C)n1. The van der Waals surface area contributed by atoms with Crippen LogP contribution in [-0.4, -0.2) is 22.4 Å². The lowest BCUT2D eigenvalue weighted by Gasteiger charge is -2.04. The fourth-order valence-electron chi connectivity index (χ4n) is 1.72. The molecule has 0 aliphatic heterocycles. The summed E-state index contributed by atoms with van der Waals surface area (Å²) in [5.74, 6) is -0.435. The molecule has 0 saturated heterocycles. The molecule has 2 aromatic rings. The molecule has 4 nitrogen and oxygen atoms in total. The third-order valence-electron chi connectivity index (χ3n) is 2.57. The number of nitrogens with zero attached hydrogens (tertiary/aromatic N) is 2. The number of rotatable bonds is 3. The molecule has 0 atom stereocenters. The molecule has 0 aliphatic rings. The number of aryl methyl sites for hydroxylation is 1. The highest BCUT2D eigenvalue weighted by Crippen LogP contribution is 2.30. The summed E-state index contributed by atoms with van der Waals surface area (Å²) < 4.78 is 7.45. The molecule has 0 unspecified atom stereocenters. The predicted octanol–water partition coefficient (Wildman–Crippen LogP) is 3.68. The first-order valence-electron chi connectivity index (χ1n) is 5.69. The molecular weight excluding hydrogens is 332 g/mol. The smallest absolute Gasteiger partial charge is 0.358 e. The van der Waals surface area contributed by atoms with E-state index in [9.17, 15) is 4.79 Å². The Balaban J connectivity index is 2.46. The van der Waals surface area contributed by atoms with Crippen LogP contribution >= 0.6 is 27.5 Å². The van der Waals surface area contributed by atoms with Gasteiger partial charge < -0.3 is 4.74 Å². The summed E-state index contributed by atoms with van der Waals surface area (Å²) in [6, 6.07) is 7.20. The van der Waals surface area contributed by atoms with Gasteiger partial charge in [-0.15, -0.1) is 0 Å². The van der Waals surface area contributed by atoms with E-state index in [1.165, 1.54) is 0 Å². The Kier molecular flexibility index (Phi) is 4.27. The topological polar surface area (TPSA) is 44.1 Å². The van der Waals surface area contributed by atoms with Gasteiger partial charge in [-0.05, 0) is 31.2 Å². The molecule has 0 N–H and O–H groups in total. The van der Waals surface area contributed by atoms with Crippen molar-refractivity contribution >= 4 is 33.5 Å². The zero-order valence-corrected chi connectivity index (χ0v) is 12.8. The molecule has 6 heteroatoms. The van der Waals surface area contributed by atoms with Gasteiger partial charge in [0.05, 0.1) is 17.3 Å². The number of halogens is 2. The number of hydrogen-bond donors (Lipinski definition) is 0. The summed E-state index contributed by atoms with van der Waals surface area (Å²) in [5.41, 5.74) is 1.84. The van der Waals surface area contributed by atoms with Crippen LogP contribution in [0.25, 0.3) is 11.3 Å². The van der Waals surface area contributed by atoms with Crippen molar-refractivity contribution in [3.8, 4) is 11.3 Å². The molecule has 0 radical (unpaired) electrons. The fraction of sp³-hybridized carbons (Fsp3) is 0.231. The third-order valence-corrected chi connectivity index (χ3v) is 3.39. The maximum Gasteiger partial charge on any atom is 0.358 e. The van der Waals surface area contributed by atoms with Gasteiger partial charge in [-0.1, -0.05) is 27.5 Å². The van der Waals surface area contributed by atoms with E-state index < -0.39 is 5.97 Å². The summed E-state index contributed by atoms with van der Waals surface area (Å²) in [7, 11) is 1.76. The number of benzene rings is 1. The number of hydrogen-bond acceptors (Lipinski definition) is 3. The van der Waals surface area contributed by atoms with E-state index in [4.69, 9.17) is 16.3 Å². The molecule has 0 fully saturated rings. The van der Waals surface area contributed by atoms with E-state index in [0.717, 1.165) is 15.7 Å². The lowest BCUT2D eigenvalue weighted by Crippen LogP contribution is -2.05. The highest BCUT2D eigenvalue weighted by Gasteiger charge is 2.16. The minimum atomic E-state index is -0.435. The molecule has 0 amide bonds. The molecule has 19 heavy (non-hydrogen) atoms. The maximum atomic E-state index is 11.7. The summed E-state index contributed by atoms with van der Waals surface area (Å²) in [6.07, 6.45) is 0. The van der Waals surface area contributed by atoms with E-state index in [-0.39, 0.29) is 5.69 Å². The maximum absolute atomic E-state index is 11.7. The van der Waals surface area contributed by atoms with Crippen molar-refractivity contribution in [3.63, 3.8) is 0 Å². The van der Waals surface area contributed by atoms with Crippen molar-refractivity contribution in [2.24, 2.45) is 7.05 Å². The number of aromatic nitrogens is 2. The van der Waals surface area contributed by atoms with E-state index in [2.05, 4.69) is 21.0 Å². The molecule has 2 rings (SSSR count). The average molecular weight is 344 g/mol. The van der Waals surface area contributed by atoms with Crippen LogP contribution in [0.4, 0.5) is 0 Å². The molecule has 0 saturated carbocycles. The van der Waals surface area contributed by atoms with Gasteiger partial charge in [0.25, 0.3) is 0 Å². The highest BCUT2D eigenvalue weighted by atomic mass is 79.9. The Labute approximate surface area is 124 Å². The standard InChI is InChI=1S/C13H12BrClN2O2/c1-3-19-13(18)11-7-12(17(2)16-11)9-6-8(14)4-5-10(9)15/h4-7H,3H2,1-2H3. The molecule has 0 spiro atoms.